The van der Waals surface area contributed by atoms with Crippen molar-refractivity contribution in [3.63, 3.8) is 0 Å². The van der Waals surface area contributed by atoms with Gasteiger partial charge in [-0.1, -0.05) is 24.3 Å². The monoisotopic (exact) mass is 243 g/mol. The number of nitrogens with zero attached hydrogens (tertiary/aromatic N) is 1. The van der Waals surface area contributed by atoms with Crippen LogP contribution in [0.5, 0.6) is 0 Å². The highest BCUT2D eigenvalue weighted by atomic mass is 32.2. The van der Waals surface area contributed by atoms with E-state index in [1.54, 1.807) is 12.1 Å². The first-order chi connectivity index (χ1) is 8.29. The molecule has 0 radical (unpaired) electrons. The molecular formula is C14H10FNS. The van der Waals surface area contributed by atoms with Gasteiger partial charge < -0.3 is 0 Å². The van der Waals surface area contributed by atoms with Crippen molar-refractivity contribution in [2.75, 3.05) is 0 Å². The summed E-state index contributed by atoms with van der Waals surface area (Å²) in [6.07, 6.45) is 0. The summed E-state index contributed by atoms with van der Waals surface area (Å²) in [6, 6.07) is 16.1. The third-order valence-electron chi connectivity index (χ3n) is 2.33. The number of nitriles is 1. The maximum Gasteiger partial charge on any atom is 0.124 e. The number of halogens is 1. The second-order valence-electron chi connectivity index (χ2n) is 3.52. The molecule has 2 aromatic rings. The highest BCUT2D eigenvalue weighted by Crippen LogP contribution is 2.24. The molecule has 0 aliphatic heterocycles. The first-order valence-electron chi connectivity index (χ1n) is 5.16. The zero-order chi connectivity index (χ0) is 12.1. The molecule has 0 atom stereocenters. The molecule has 0 saturated carbocycles. The van der Waals surface area contributed by atoms with E-state index in [9.17, 15) is 4.39 Å². The van der Waals surface area contributed by atoms with Crippen LogP contribution in [0.1, 0.15) is 11.1 Å². The molecule has 0 spiro atoms. The fraction of sp³-hybridized carbons (Fsp3) is 0.0714. The predicted octanol–water partition coefficient (Wildman–Crippen LogP) is 3.99. The van der Waals surface area contributed by atoms with E-state index in [-0.39, 0.29) is 5.82 Å². The largest absolute Gasteiger partial charge is 0.207 e. The lowest BCUT2D eigenvalue weighted by atomic mass is 10.1. The molecule has 2 aromatic carbocycles. The summed E-state index contributed by atoms with van der Waals surface area (Å²) in [4.78, 5) is 0.873. The van der Waals surface area contributed by atoms with Gasteiger partial charge in [0.25, 0.3) is 0 Å². The Morgan fingerprint density at radius 3 is 2.71 bits per heavy atom. The van der Waals surface area contributed by atoms with E-state index in [0.717, 1.165) is 10.5 Å². The molecule has 0 aliphatic carbocycles. The average Bonchev–Trinajstić information content (AvgIpc) is 2.37. The molecule has 0 heterocycles. The van der Waals surface area contributed by atoms with E-state index >= 15 is 0 Å². The fourth-order valence-corrected chi connectivity index (χ4v) is 2.42. The summed E-state index contributed by atoms with van der Waals surface area (Å²) >= 11 is 1.53. The maximum absolute atomic E-state index is 13.0. The third kappa shape index (κ3) is 3.08. The summed E-state index contributed by atoms with van der Waals surface area (Å²) in [6.45, 7) is 0. The molecule has 3 heteroatoms. The lowest BCUT2D eigenvalue weighted by Gasteiger charge is -2.03. The van der Waals surface area contributed by atoms with Gasteiger partial charge in [-0.3, -0.25) is 0 Å². The molecule has 1 nitrogen and oxygen atoms in total. The van der Waals surface area contributed by atoms with Crippen molar-refractivity contribution < 1.29 is 4.39 Å². The van der Waals surface area contributed by atoms with Crippen LogP contribution < -0.4 is 0 Å². The highest BCUT2D eigenvalue weighted by Gasteiger charge is 2.02. The van der Waals surface area contributed by atoms with Gasteiger partial charge in [0, 0.05) is 10.6 Å². The molecule has 0 aliphatic rings. The van der Waals surface area contributed by atoms with Gasteiger partial charge in [0.05, 0.1) is 11.6 Å². The van der Waals surface area contributed by atoms with Crippen LogP contribution in [0.25, 0.3) is 0 Å². The van der Waals surface area contributed by atoms with Crippen LogP contribution in [0.4, 0.5) is 4.39 Å². The number of hydrogen-bond donors (Lipinski definition) is 0. The number of hydrogen-bond acceptors (Lipinski definition) is 2. The molecule has 2 rings (SSSR count). The van der Waals surface area contributed by atoms with Crippen LogP contribution in [0, 0.1) is 17.1 Å². The number of thioether (sulfide) groups is 1. The van der Waals surface area contributed by atoms with Gasteiger partial charge in [0.15, 0.2) is 0 Å². The standard InChI is InChI=1S/C14H10FNS/c15-13-6-3-7-14(8-13)17-10-12-5-2-1-4-11(12)9-16/h1-8H,10H2. The van der Waals surface area contributed by atoms with E-state index in [1.165, 1.54) is 23.9 Å². The summed E-state index contributed by atoms with van der Waals surface area (Å²) < 4.78 is 13.0. The Bertz CT molecular complexity index is 560. The number of benzene rings is 2. The van der Waals surface area contributed by atoms with Crippen molar-refractivity contribution in [1.29, 1.82) is 5.26 Å². The SMILES string of the molecule is N#Cc1ccccc1CSc1cccc(F)c1. The highest BCUT2D eigenvalue weighted by molar-refractivity contribution is 7.98. The lowest BCUT2D eigenvalue weighted by Crippen LogP contribution is -1.86. The Morgan fingerprint density at radius 1 is 1.12 bits per heavy atom. The molecule has 0 aromatic heterocycles. The van der Waals surface area contributed by atoms with Gasteiger partial charge >= 0.3 is 0 Å². The van der Waals surface area contributed by atoms with Crippen LogP contribution in [0.15, 0.2) is 53.4 Å². The summed E-state index contributed by atoms with van der Waals surface area (Å²) in [7, 11) is 0. The van der Waals surface area contributed by atoms with Crippen LogP contribution >= 0.6 is 11.8 Å². The lowest BCUT2D eigenvalue weighted by molar-refractivity contribution is 0.624. The van der Waals surface area contributed by atoms with Crippen LogP contribution in [-0.4, -0.2) is 0 Å². The topological polar surface area (TPSA) is 23.8 Å². The van der Waals surface area contributed by atoms with Crippen molar-refractivity contribution in [2.45, 2.75) is 10.6 Å². The third-order valence-corrected chi connectivity index (χ3v) is 3.37. The van der Waals surface area contributed by atoms with Crippen molar-refractivity contribution in [3.05, 3.63) is 65.5 Å². The molecule has 17 heavy (non-hydrogen) atoms. The fourth-order valence-electron chi connectivity index (χ4n) is 1.47. The van der Waals surface area contributed by atoms with E-state index in [1.807, 2.05) is 24.3 Å². The first kappa shape index (κ1) is 11.7. The van der Waals surface area contributed by atoms with Gasteiger partial charge in [-0.15, -0.1) is 11.8 Å². The van der Waals surface area contributed by atoms with Crippen LogP contribution in [-0.2, 0) is 5.75 Å². The second kappa shape index (κ2) is 5.51. The van der Waals surface area contributed by atoms with Gasteiger partial charge in [0.2, 0.25) is 0 Å². The number of rotatable bonds is 3. The molecule has 0 fully saturated rings. The van der Waals surface area contributed by atoms with Crippen molar-refractivity contribution >= 4 is 11.8 Å². The van der Waals surface area contributed by atoms with E-state index in [0.29, 0.717) is 11.3 Å². The zero-order valence-corrected chi connectivity index (χ0v) is 9.88. The molecule has 0 amide bonds. The van der Waals surface area contributed by atoms with E-state index in [2.05, 4.69) is 6.07 Å². The van der Waals surface area contributed by atoms with Crippen LogP contribution in [0.3, 0.4) is 0 Å². The van der Waals surface area contributed by atoms with Gasteiger partial charge in [-0.25, -0.2) is 4.39 Å². The Morgan fingerprint density at radius 2 is 1.94 bits per heavy atom. The molecule has 0 unspecified atom stereocenters. The van der Waals surface area contributed by atoms with Gasteiger partial charge in [0.1, 0.15) is 5.82 Å². The van der Waals surface area contributed by atoms with Crippen molar-refractivity contribution in [2.24, 2.45) is 0 Å². The van der Waals surface area contributed by atoms with Crippen molar-refractivity contribution in [1.82, 2.24) is 0 Å². The van der Waals surface area contributed by atoms with Gasteiger partial charge in [-0.2, -0.15) is 5.26 Å². The maximum atomic E-state index is 13.0. The molecule has 0 saturated heterocycles. The van der Waals surface area contributed by atoms with Crippen molar-refractivity contribution in [3.8, 4) is 6.07 Å². The Kier molecular flexibility index (Phi) is 3.79. The summed E-state index contributed by atoms with van der Waals surface area (Å²) in [5.41, 5.74) is 1.65. The Labute approximate surface area is 104 Å². The minimum Gasteiger partial charge on any atom is -0.207 e. The normalized spacial score (nSPS) is 9.88. The summed E-state index contributed by atoms with van der Waals surface area (Å²) in [5.74, 6) is 0.441. The molecule has 84 valence electrons. The van der Waals surface area contributed by atoms with Gasteiger partial charge in [-0.05, 0) is 29.8 Å². The average molecular weight is 243 g/mol. The predicted molar refractivity (Wildman–Crippen MR) is 67.1 cm³/mol. The van der Waals surface area contributed by atoms with Crippen LogP contribution in [0.2, 0.25) is 0 Å². The minimum atomic E-state index is -0.233. The molecule has 0 bridgehead atoms. The molecular weight excluding hydrogens is 233 g/mol. The first-order valence-corrected chi connectivity index (χ1v) is 6.14. The summed E-state index contributed by atoms with van der Waals surface area (Å²) in [5, 5.41) is 8.94. The Balaban J connectivity index is 2.10. The second-order valence-corrected chi connectivity index (χ2v) is 4.56. The Hall–Kier alpha value is -1.79. The minimum absolute atomic E-state index is 0.233. The van der Waals surface area contributed by atoms with E-state index < -0.39 is 0 Å². The zero-order valence-electron chi connectivity index (χ0n) is 9.06. The smallest absolute Gasteiger partial charge is 0.124 e. The van der Waals surface area contributed by atoms with E-state index in [4.69, 9.17) is 5.26 Å². The quantitative estimate of drug-likeness (QED) is 0.761. The molecule has 0 N–H and O–H groups in total.